The van der Waals surface area contributed by atoms with Crippen LogP contribution in [-0.4, -0.2) is 56.2 Å². The lowest BCUT2D eigenvalue weighted by molar-refractivity contribution is 0.204. The van der Waals surface area contributed by atoms with Gasteiger partial charge in [0.25, 0.3) is 0 Å². The third-order valence-electron chi connectivity index (χ3n) is 3.99. The molecule has 10 heteroatoms. The first-order valence-electron chi connectivity index (χ1n) is 7.90. The highest BCUT2D eigenvalue weighted by Crippen LogP contribution is 2.25. The van der Waals surface area contributed by atoms with Crippen molar-refractivity contribution in [2.24, 2.45) is 0 Å². The lowest BCUT2D eigenvalue weighted by Gasteiger charge is -2.17. The van der Waals surface area contributed by atoms with Crippen LogP contribution < -0.4 is 9.64 Å². The van der Waals surface area contributed by atoms with E-state index in [-0.39, 0.29) is 19.0 Å². The standard InChI is InChI=1S/C16H18F2N4O3S/c1-21(2)15-5-6-16(20-19-15)25-12-7-8-22(10-12)26(23,24)14-4-3-11(17)9-13(14)18/h3-6,9,12H,7-8,10H2,1-2H3. The molecule has 0 N–H and O–H groups in total. The Morgan fingerprint density at radius 2 is 1.96 bits per heavy atom. The number of nitrogens with zero attached hydrogens (tertiary/aromatic N) is 4. The van der Waals surface area contributed by atoms with Gasteiger partial charge in [-0.1, -0.05) is 0 Å². The third-order valence-corrected chi connectivity index (χ3v) is 5.89. The summed E-state index contributed by atoms with van der Waals surface area (Å²) in [4.78, 5) is 1.24. The van der Waals surface area contributed by atoms with Crippen LogP contribution in [0.15, 0.2) is 35.2 Å². The van der Waals surface area contributed by atoms with Crippen LogP contribution >= 0.6 is 0 Å². The summed E-state index contributed by atoms with van der Waals surface area (Å²) < 4.78 is 58.8. The summed E-state index contributed by atoms with van der Waals surface area (Å²) in [6.45, 7) is 0.225. The molecule has 1 fully saturated rings. The van der Waals surface area contributed by atoms with Gasteiger partial charge in [0.1, 0.15) is 22.6 Å². The van der Waals surface area contributed by atoms with Crippen LogP contribution in [0.4, 0.5) is 14.6 Å². The monoisotopic (exact) mass is 384 g/mol. The van der Waals surface area contributed by atoms with Crippen LogP contribution in [0.1, 0.15) is 6.42 Å². The number of rotatable bonds is 5. The summed E-state index contributed by atoms with van der Waals surface area (Å²) in [5.41, 5.74) is 0. The average Bonchev–Trinajstić information content (AvgIpc) is 3.04. The molecular weight excluding hydrogens is 366 g/mol. The number of anilines is 1. The molecule has 1 saturated heterocycles. The number of sulfonamides is 1. The Kier molecular flexibility index (Phi) is 5.05. The predicted molar refractivity (Wildman–Crippen MR) is 90.5 cm³/mol. The van der Waals surface area contributed by atoms with Crippen LogP contribution in [0.3, 0.4) is 0 Å². The van der Waals surface area contributed by atoms with Crippen molar-refractivity contribution in [3.05, 3.63) is 42.0 Å². The van der Waals surface area contributed by atoms with Crippen molar-refractivity contribution in [3.63, 3.8) is 0 Å². The quantitative estimate of drug-likeness (QED) is 0.781. The van der Waals surface area contributed by atoms with Crippen LogP contribution in [0.25, 0.3) is 0 Å². The number of hydrogen-bond donors (Lipinski definition) is 0. The van der Waals surface area contributed by atoms with Crippen molar-refractivity contribution in [2.45, 2.75) is 17.4 Å². The van der Waals surface area contributed by atoms with Gasteiger partial charge < -0.3 is 9.64 Å². The van der Waals surface area contributed by atoms with E-state index in [9.17, 15) is 17.2 Å². The van der Waals surface area contributed by atoms with Crippen molar-refractivity contribution in [1.82, 2.24) is 14.5 Å². The maximum atomic E-state index is 13.8. The fourth-order valence-electron chi connectivity index (χ4n) is 2.62. The van der Waals surface area contributed by atoms with Crippen LogP contribution in [-0.2, 0) is 10.0 Å². The van der Waals surface area contributed by atoms with Crippen LogP contribution in [0.5, 0.6) is 5.88 Å². The Balaban J connectivity index is 1.69. The SMILES string of the molecule is CN(C)c1ccc(OC2CCN(S(=O)(=O)c3ccc(F)cc3F)C2)nn1. The van der Waals surface area contributed by atoms with Gasteiger partial charge >= 0.3 is 0 Å². The van der Waals surface area contributed by atoms with Gasteiger partial charge in [-0.05, 0) is 24.6 Å². The normalized spacial score (nSPS) is 18.1. The maximum Gasteiger partial charge on any atom is 0.246 e. The molecule has 1 aliphatic heterocycles. The van der Waals surface area contributed by atoms with Crippen molar-refractivity contribution in [2.75, 3.05) is 32.1 Å². The molecule has 1 atom stereocenters. The van der Waals surface area contributed by atoms with E-state index in [4.69, 9.17) is 4.74 Å². The van der Waals surface area contributed by atoms with Gasteiger partial charge in [-0.25, -0.2) is 17.2 Å². The van der Waals surface area contributed by atoms with E-state index in [1.165, 1.54) is 0 Å². The van der Waals surface area contributed by atoms with Crippen molar-refractivity contribution < 1.29 is 21.9 Å². The summed E-state index contributed by atoms with van der Waals surface area (Å²) in [6.07, 6.45) is 0.00638. The molecule has 0 bridgehead atoms. The van der Waals surface area contributed by atoms with E-state index < -0.39 is 32.7 Å². The summed E-state index contributed by atoms with van der Waals surface area (Å²) in [7, 11) is -0.396. The molecule has 0 saturated carbocycles. The van der Waals surface area contributed by atoms with E-state index in [1.54, 1.807) is 17.0 Å². The Bertz CT molecular complexity index is 891. The Morgan fingerprint density at radius 3 is 2.58 bits per heavy atom. The molecular formula is C16H18F2N4O3S. The number of aromatic nitrogens is 2. The molecule has 2 heterocycles. The molecule has 140 valence electrons. The zero-order valence-corrected chi connectivity index (χ0v) is 15.1. The van der Waals surface area contributed by atoms with Gasteiger partial charge in [-0.15, -0.1) is 10.2 Å². The van der Waals surface area contributed by atoms with Gasteiger partial charge in [0.2, 0.25) is 15.9 Å². The third kappa shape index (κ3) is 3.75. The zero-order valence-electron chi connectivity index (χ0n) is 14.3. The predicted octanol–water partition coefficient (Wildman–Crippen LogP) is 1.66. The van der Waals surface area contributed by atoms with Crippen molar-refractivity contribution in [3.8, 4) is 5.88 Å². The second kappa shape index (κ2) is 7.12. The Labute approximate surface area is 150 Å². The lowest BCUT2D eigenvalue weighted by atomic mass is 10.3. The van der Waals surface area contributed by atoms with E-state index in [0.29, 0.717) is 18.3 Å². The molecule has 1 aliphatic rings. The second-order valence-corrected chi connectivity index (χ2v) is 8.00. The molecule has 2 aromatic rings. The molecule has 1 aromatic carbocycles. The minimum absolute atomic E-state index is 0.0518. The van der Waals surface area contributed by atoms with E-state index >= 15 is 0 Å². The van der Waals surface area contributed by atoms with Gasteiger partial charge in [0, 0.05) is 32.8 Å². The number of halogens is 2. The minimum atomic E-state index is -4.06. The van der Waals surface area contributed by atoms with Gasteiger partial charge in [0.15, 0.2) is 5.82 Å². The molecule has 7 nitrogen and oxygen atoms in total. The molecule has 0 amide bonds. The summed E-state index contributed by atoms with van der Waals surface area (Å²) in [6, 6.07) is 5.79. The molecule has 0 spiro atoms. The first-order chi connectivity index (χ1) is 12.3. The second-order valence-electron chi connectivity index (χ2n) is 6.09. The Morgan fingerprint density at radius 1 is 1.19 bits per heavy atom. The van der Waals surface area contributed by atoms with E-state index in [2.05, 4.69) is 10.2 Å². The van der Waals surface area contributed by atoms with Gasteiger partial charge in [-0.3, -0.25) is 0 Å². The number of hydrogen-bond acceptors (Lipinski definition) is 6. The largest absolute Gasteiger partial charge is 0.472 e. The zero-order chi connectivity index (χ0) is 18.9. The van der Waals surface area contributed by atoms with Gasteiger partial charge in [0.05, 0.1) is 6.54 Å². The topological polar surface area (TPSA) is 75.6 Å². The highest BCUT2D eigenvalue weighted by molar-refractivity contribution is 7.89. The number of ether oxygens (including phenoxy) is 1. The van der Waals surface area contributed by atoms with Crippen LogP contribution in [0, 0.1) is 11.6 Å². The molecule has 0 aliphatic carbocycles. The van der Waals surface area contributed by atoms with Crippen molar-refractivity contribution >= 4 is 15.8 Å². The fraction of sp³-hybridized carbons (Fsp3) is 0.375. The smallest absolute Gasteiger partial charge is 0.246 e. The maximum absolute atomic E-state index is 13.8. The average molecular weight is 384 g/mol. The first kappa shape index (κ1) is 18.5. The summed E-state index contributed by atoms with van der Waals surface area (Å²) >= 11 is 0. The highest BCUT2D eigenvalue weighted by Gasteiger charge is 2.35. The molecule has 1 aromatic heterocycles. The van der Waals surface area contributed by atoms with Gasteiger partial charge in [-0.2, -0.15) is 4.31 Å². The molecule has 26 heavy (non-hydrogen) atoms. The molecule has 3 rings (SSSR count). The highest BCUT2D eigenvalue weighted by atomic mass is 32.2. The van der Waals surface area contributed by atoms with Crippen molar-refractivity contribution in [1.29, 1.82) is 0 Å². The van der Waals surface area contributed by atoms with Crippen LogP contribution in [0.2, 0.25) is 0 Å². The lowest BCUT2D eigenvalue weighted by Crippen LogP contribution is -2.31. The fourth-order valence-corrected chi connectivity index (χ4v) is 4.15. The van der Waals surface area contributed by atoms with E-state index in [0.717, 1.165) is 16.4 Å². The summed E-state index contributed by atoms with van der Waals surface area (Å²) in [5.74, 6) is -0.990. The first-order valence-corrected chi connectivity index (χ1v) is 9.34. The molecule has 1 unspecified atom stereocenters. The number of benzene rings is 1. The summed E-state index contributed by atoms with van der Waals surface area (Å²) in [5, 5.41) is 7.94. The van der Waals surface area contributed by atoms with E-state index in [1.807, 2.05) is 14.1 Å². The molecule has 0 radical (unpaired) electrons. The Hall–Kier alpha value is -2.33. The minimum Gasteiger partial charge on any atom is -0.472 e.